The molecule has 1 saturated heterocycles. The number of nitrogens with two attached hydrogens (primary N) is 1. The van der Waals surface area contributed by atoms with E-state index in [0.29, 0.717) is 23.4 Å². The number of nitrogens with zero attached hydrogens (tertiary/aromatic N) is 4. The van der Waals surface area contributed by atoms with E-state index >= 15 is 0 Å². The van der Waals surface area contributed by atoms with Crippen molar-refractivity contribution in [3.05, 3.63) is 53.9 Å². The molecule has 3 aromatic rings. The average Bonchev–Trinajstić information content (AvgIpc) is 3.40. The molecule has 32 heavy (non-hydrogen) atoms. The summed E-state index contributed by atoms with van der Waals surface area (Å²) in [4.78, 5) is 13.0. The van der Waals surface area contributed by atoms with Crippen LogP contribution in [0.25, 0.3) is 11.3 Å². The molecule has 1 saturated carbocycles. The number of benzene rings is 1. The number of carbonyl (C=O) groups excluding carboxylic acids is 1. The maximum Gasteiger partial charge on any atom is 0.287 e. The first-order chi connectivity index (χ1) is 15.5. The predicted octanol–water partition coefficient (Wildman–Crippen LogP) is 3.42. The van der Waals surface area contributed by atoms with Gasteiger partial charge >= 0.3 is 0 Å². The Kier molecular flexibility index (Phi) is 6.96. The maximum absolute atomic E-state index is 10.7. The number of ether oxygens (including phenoxy) is 1. The van der Waals surface area contributed by atoms with Crippen LogP contribution in [0.4, 0.5) is 0 Å². The quantitative estimate of drug-likeness (QED) is 0.594. The van der Waals surface area contributed by atoms with E-state index in [0.717, 1.165) is 31.2 Å². The fourth-order valence-corrected chi connectivity index (χ4v) is 3.65. The Labute approximate surface area is 186 Å². The highest BCUT2D eigenvalue weighted by molar-refractivity contribution is 5.90. The first-order valence-corrected chi connectivity index (χ1v) is 10.9. The minimum atomic E-state index is -0.611. The van der Waals surface area contributed by atoms with Gasteiger partial charge in [-0.05, 0) is 26.8 Å². The lowest BCUT2D eigenvalue weighted by atomic mass is 9.85. The zero-order chi connectivity index (χ0) is 22.5. The molecule has 1 atom stereocenters. The molecule has 1 aliphatic carbocycles. The first-order valence-electron chi connectivity index (χ1n) is 10.9. The molecular formula is C23H29N5O4. The predicted molar refractivity (Wildman–Crippen MR) is 117 cm³/mol. The summed E-state index contributed by atoms with van der Waals surface area (Å²) in [7, 11) is 2.13. The molecule has 1 amide bonds. The SMILES string of the molecule is CC(OCC1CN(C)C1)c1nnc(C2CCC2)o1.NC(=O)c1cc(-c2ccccc2)no1. The van der Waals surface area contributed by atoms with Crippen molar-refractivity contribution in [2.45, 2.75) is 38.2 Å². The molecule has 1 unspecified atom stereocenters. The highest BCUT2D eigenvalue weighted by atomic mass is 16.5. The standard InChI is InChI=1S/C13H21N3O2.C10H8N2O2/c1-9(17-8-10-6-16(2)7-10)12-14-15-13(18-12)11-4-3-5-11;11-10(13)9-6-8(12-14-9)7-4-2-1-3-5-7/h9-11H,3-8H2,1-2H3;1-6H,(H2,11,13). The summed E-state index contributed by atoms with van der Waals surface area (Å²) in [6.07, 6.45) is 3.57. The van der Waals surface area contributed by atoms with Crippen LogP contribution in [0.5, 0.6) is 0 Å². The largest absolute Gasteiger partial charge is 0.422 e. The molecule has 3 heterocycles. The molecule has 9 heteroatoms. The molecule has 2 aromatic heterocycles. The fourth-order valence-electron chi connectivity index (χ4n) is 3.65. The molecule has 2 aliphatic rings. The summed E-state index contributed by atoms with van der Waals surface area (Å²) >= 11 is 0. The lowest BCUT2D eigenvalue weighted by molar-refractivity contribution is -0.0178. The fraction of sp³-hybridized carbons (Fsp3) is 0.478. The molecule has 0 radical (unpaired) electrons. The molecule has 1 aromatic carbocycles. The van der Waals surface area contributed by atoms with Gasteiger partial charge in [-0.15, -0.1) is 10.2 Å². The summed E-state index contributed by atoms with van der Waals surface area (Å²) in [5.41, 5.74) is 6.54. The van der Waals surface area contributed by atoms with Crippen LogP contribution >= 0.6 is 0 Å². The van der Waals surface area contributed by atoms with Gasteiger partial charge in [0.25, 0.3) is 5.91 Å². The average molecular weight is 440 g/mol. The Morgan fingerprint density at radius 3 is 2.59 bits per heavy atom. The van der Waals surface area contributed by atoms with E-state index in [2.05, 4.69) is 27.3 Å². The first kappa shape index (κ1) is 22.2. The molecule has 9 nitrogen and oxygen atoms in total. The monoisotopic (exact) mass is 439 g/mol. The third-order valence-corrected chi connectivity index (χ3v) is 5.80. The molecule has 0 bridgehead atoms. The van der Waals surface area contributed by atoms with Crippen LogP contribution < -0.4 is 5.73 Å². The van der Waals surface area contributed by atoms with Crippen molar-refractivity contribution in [1.29, 1.82) is 0 Å². The van der Waals surface area contributed by atoms with Crippen molar-refractivity contribution in [2.75, 3.05) is 26.7 Å². The van der Waals surface area contributed by atoms with Gasteiger partial charge in [0.1, 0.15) is 11.8 Å². The zero-order valence-corrected chi connectivity index (χ0v) is 18.4. The number of rotatable bonds is 7. The van der Waals surface area contributed by atoms with E-state index in [4.69, 9.17) is 19.4 Å². The Balaban J connectivity index is 0.000000158. The molecule has 0 spiro atoms. The second kappa shape index (κ2) is 10.1. The third kappa shape index (κ3) is 5.41. The molecular weight excluding hydrogens is 410 g/mol. The van der Waals surface area contributed by atoms with Crippen LogP contribution in [0, 0.1) is 5.92 Å². The highest BCUT2D eigenvalue weighted by Gasteiger charge is 2.28. The van der Waals surface area contributed by atoms with Crippen molar-refractivity contribution < 1.29 is 18.5 Å². The van der Waals surface area contributed by atoms with Gasteiger partial charge in [0.2, 0.25) is 17.5 Å². The number of aromatic nitrogens is 3. The zero-order valence-electron chi connectivity index (χ0n) is 18.4. The number of carbonyl (C=O) groups is 1. The van der Waals surface area contributed by atoms with Crippen LogP contribution in [0.15, 0.2) is 45.3 Å². The second-order valence-corrected chi connectivity index (χ2v) is 8.48. The third-order valence-electron chi connectivity index (χ3n) is 5.80. The Bertz CT molecular complexity index is 1010. The molecule has 170 valence electrons. The Hall–Kier alpha value is -3.04. The lowest BCUT2D eigenvalue weighted by Crippen LogP contribution is -2.45. The summed E-state index contributed by atoms with van der Waals surface area (Å²) in [5.74, 6) is 2.05. The van der Waals surface area contributed by atoms with Gasteiger partial charge < -0.3 is 24.3 Å². The van der Waals surface area contributed by atoms with Gasteiger partial charge in [-0.2, -0.15) is 0 Å². The van der Waals surface area contributed by atoms with Crippen molar-refractivity contribution >= 4 is 5.91 Å². The Morgan fingerprint density at radius 1 is 1.25 bits per heavy atom. The minimum absolute atomic E-state index is 0.0730. The summed E-state index contributed by atoms with van der Waals surface area (Å²) < 4.78 is 16.3. The van der Waals surface area contributed by atoms with Crippen molar-refractivity contribution in [1.82, 2.24) is 20.3 Å². The lowest BCUT2D eigenvalue weighted by Gasteiger charge is -2.36. The Morgan fingerprint density at radius 2 is 2.00 bits per heavy atom. The van der Waals surface area contributed by atoms with E-state index in [9.17, 15) is 4.79 Å². The molecule has 2 fully saturated rings. The van der Waals surface area contributed by atoms with Crippen LogP contribution in [0.2, 0.25) is 0 Å². The number of likely N-dealkylation sites (tertiary alicyclic amines) is 1. The summed E-state index contributed by atoms with van der Waals surface area (Å²) in [6, 6.07) is 10.9. The summed E-state index contributed by atoms with van der Waals surface area (Å²) in [5, 5.41) is 12.0. The smallest absolute Gasteiger partial charge is 0.287 e. The van der Waals surface area contributed by atoms with Gasteiger partial charge in [-0.1, -0.05) is 41.9 Å². The highest BCUT2D eigenvalue weighted by Crippen LogP contribution is 2.36. The number of hydrogen-bond donors (Lipinski definition) is 1. The van der Waals surface area contributed by atoms with E-state index < -0.39 is 5.91 Å². The number of primary amides is 1. The minimum Gasteiger partial charge on any atom is -0.422 e. The van der Waals surface area contributed by atoms with Crippen LogP contribution in [-0.2, 0) is 4.74 Å². The maximum atomic E-state index is 10.7. The normalized spacial score (nSPS) is 17.7. The molecule has 2 N–H and O–H groups in total. The van der Waals surface area contributed by atoms with Gasteiger partial charge in [-0.25, -0.2) is 0 Å². The number of hydrogen-bond acceptors (Lipinski definition) is 8. The van der Waals surface area contributed by atoms with Gasteiger partial charge in [0.15, 0.2) is 0 Å². The van der Waals surface area contributed by atoms with Crippen molar-refractivity contribution in [3.63, 3.8) is 0 Å². The van der Waals surface area contributed by atoms with Crippen molar-refractivity contribution in [3.8, 4) is 11.3 Å². The molecule has 5 rings (SSSR count). The van der Waals surface area contributed by atoms with Crippen LogP contribution in [-0.4, -0.2) is 52.9 Å². The topological polar surface area (TPSA) is 121 Å². The van der Waals surface area contributed by atoms with Gasteiger partial charge in [0.05, 0.1) is 6.61 Å². The van der Waals surface area contributed by atoms with E-state index in [1.165, 1.54) is 25.3 Å². The molecule has 1 aliphatic heterocycles. The van der Waals surface area contributed by atoms with Crippen LogP contribution in [0.3, 0.4) is 0 Å². The second-order valence-electron chi connectivity index (χ2n) is 8.48. The number of amides is 1. The summed E-state index contributed by atoms with van der Waals surface area (Å²) in [6.45, 7) is 5.03. The van der Waals surface area contributed by atoms with E-state index in [-0.39, 0.29) is 11.9 Å². The van der Waals surface area contributed by atoms with Gasteiger partial charge in [-0.3, -0.25) is 4.79 Å². The van der Waals surface area contributed by atoms with Gasteiger partial charge in [0, 0.05) is 36.6 Å². The van der Waals surface area contributed by atoms with Crippen molar-refractivity contribution in [2.24, 2.45) is 11.7 Å². The van der Waals surface area contributed by atoms with Crippen LogP contribution in [0.1, 0.15) is 60.5 Å². The van der Waals surface area contributed by atoms with E-state index in [1.54, 1.807) is 0 Å². The van der Waals surface area contributed by atoms with E-state index in [1.807, 2.05) is 37.3 Å².